The largest absolute Gasteiger partial charge is 0.473 e. The number of aliphatic hydroxyl groups excluding tert-OH is 1. The Bertz CT molecular complexity index is 2010. The fourth-order valence-electron chi connectivity index (χ4n) is 7.51. The summed E-state index contributed by atoms with van der Waals surface area (Å²) in [6, 6.07) is 30.4. The lowest BCUT2D eigenvalue weighted by molar-refractivity contribution is -0.00822. The Balaban J connectivity index is 1.06. The summed E-state index contributed by atoms with van der Waals surface area (Å²) in [5, 5.41) is 16.4. The van der Waals surface area contributed by atoms with Crippen LogP contribution in [0.15, 0.2) is 91.0 Å². The molecule has 2 aliphatic heterocycles. The van der Waals surface area contributed by atoms with Crippen molar-refractivity contribution in [3.63, 3.8) is 0 Å². The second-order valence-electron chi connectivity index (χ2n) is 15.4. The maximum Gasteiger partial charge on any atom is 0.410 e. The summed E-state index contributed by atoms with van der Waals surface area (Å²) in [5.41, 5.74) is 5.43. The number of pyridine rings is 1. The number of nitrogens with zero attached hydrogens (tertiary/aromatic N) is 6. The molecule has 0 unspecified atom stereocenters. The van der Waals surface area contributed by atoms with Gasteiger partial charge in [0, 0.05) is 57.8 Å². The number of benzene rings is 3. The molecule has 0 saturated carbocycles. The SMILES string of the molecule is Cn1nc(-c2ccc(OCc3ccccc3)nc2OCc2ccccc2)c2cccc(N3CCC(CN4CCN(C(=O)OC(C)(C)C)C[C@@H]4CO)CC3)c21. The number of hydrogen-bond acceptors (Lipinski definition) is 9. The molecule has 1 amide bonds. The van der Waals surface area contributed by atoms with Crippen LogP contribution in [0.3, 0.4) is 0 Å². The highest BCUT2D eigenvalue weighted by Gasteiger charge is 2.34. The van der Waals surface area contributed by atoms with Crippen molar-refractivity contribution in [2.24, 2.45) is 13.0 Å². The number of para-hydroxylation sites is 1. The zero-order chi connectivity index (χ0) is 37.7. The summed E-state index contributed by atoms with van der Waals surface area (Å²) in [6.07, 6.45) is 1.77. The van der Waals surface area contributed by atoms with Crippen LogP contribution in [0.1, 0.15) is 44.7 Å². The Hall–Kier alpha value is -5.13. The Morgan fingerprint density at radius 1 is 0.833 bits per heavy atom. The van der Waals surface area contributed by atoms with Gasteiger partial charge in [-0.3, -0.25) is 9.58 Å². The second-order valence-corrected chi connectivity index (χ2v) is 15.4. The molecule has 4 heterocycles. The molecule has 2 aromatic heterocycles. The van der Waals surface area contributed by atoms with E-state index in [-0.39, 0.29) is 18.7 Å². The Morgan fingerprint density at radius 2 is 1.52 bits per heavy atom. The predicted octanol–water partition coefficient (Wildman–Crippen LogP) is 6.92. The Labute approximate surface area is 318 Å². The van der Waals surface area contributed by atoms with Gasteiger partial charge in [0.25, 0.3) is 0 Å². The normalized spacial score (nSPS) is 17.2. The standard InChI is InChI=1S/C43H52N6O5/c1-43(2,3)54-42(51)49-25-24-48(34(27-49)28-50)26-31-20-22-47(23-21-31)37-17-11-16-35-39(45-46(4)40(35)37)36-18-19-38(52-29-32-12-7-5-8-13-32)44-41(36)53-30-33-14-9-6-10-15-33/h5-19,31,34,50H,20-30H2,1-4H3/t34-/m1/s1. The zero-order valence-corrected chi connectivity index (χ0v) is 31.9. The first-order valence-corrected chi connectivity index (χ1v) is 19.0. The van der Waals surface area contributed by atoms with E-state index < -0.39 is 5.60 Å². The molecule has 2 fully saturated rings. The van der Waals surface area contributed by atoms with Gasteiger partial charge in [0.05, 0.1) is 29.4 Å². The highest BCUT2D eigenvalue weighted by atomic mass is 16.6. The average molecular weight is 733 g/mol. The molecule has 2 aliphatic rings. The lowest BCUT2D eigenvalue weighted by Gasteiger charge is -2.43. The maximum atomic E-state index is 12.7. The first-order valence-electron chi connectivity index (χ1n) is 19.0. The number of piperidine rings is 1. The molecule has 11 heteroatoms. The molecule has 0 spiro atoms. The summed E-state index contributed by atoms with van der Waals surface area (Å²) in [6.45, 7) is 11.0. The van der Waals surface area contributed by atoms with Crippen molar-refractivity contribution < 1.29 is 24.1 Å². The van der Waals surface area contributed by atoms with Gasteiger partial charge in [-0.2, -0.15) is 10.1 Å². The molecule has 284 valence electrons. The summed E-state index contributed by atoms with van der Waals surface area (Å²) >= 11 is 0. The smallest absolute Gasteiger partial charge is 0.410 e. The number of aromatic nitrogens is 3. The summed E-state index contributed by atoms with van der Waals surface area (Å²) in [7, 11) is 2.00. The lowest BCUT2D eigenvalue weighted by Crippen LogP contribution is -2.58. The minimum absolute atomic E-state index is 0.0148. The molecule has 11 nitrogen and oxygen atoms in total. The fraction of sp³-hybridized carbons (Fsp3) is 0.419. The van der Waals surface area contributed by atoms with E-state index in [0.717, 1.165) is 78.0 Å². The van der Waals surface area contributed by atoms with E-state index in [4.69, 9.17) is 24.3 Å². The van der Waals surface area contributed by atoms with E-state index in [1.165, 1.54) is 0 Å². The number of carbonyl (C=O) groups excluding carboxylic acids is 1. The number of carbonyl (C=O) groups is 1. The van der Waals surface area contributed by atoms with E-state index in [0.29, 0.717) is 44.0 Å². The quantitative estimate of drug-likeness (QED) is 0.155. The Morgan fingerprint density at radius 3 is 2.19 bits per heavy atom. The van der Waals surface area contributed by atoms with Crippen LogP contribution in [0, 0.1) is 5.92 Å². The number of ether oxygens (including phenoxy) is 3. The third kappa shape index (κ3) is 8.80. The molecule has 0 bridgehead atoms. The molecular weight excluding hydrogens is 681 g/mol. The molecule has 1 atom stereocenters. The van der Waals surface area contributed by atoms with Crippen LogP contribution in [0.25, 0.3) is 22.2 Å². The number of aryl methyl sites for hydroxylation is 1. The van der Waals surface area contributed by atoms with Crippen LogP contribution in [0.4, 0.5) is 10.5 Å². The van der Waals surface area contributed by atoms with Crippen molar-refractivity contribution in [3.8, 4) is 23.0 Å². The number of anilines is 1. The van der Waals surface area contributed by atoms with Crippen molar-refractivity contribution in [2.45, 2.75) is 58.5 Å². The van der Waals surface area contributed by atoms with E-state index in [1.54, 1.807) is 4.90 Å². The van der Waals surface area contributed by atoms with E-state index in [2.05, 4.69) is 28.0 Å². The third-order valence-electron chi connectivity index (χ3n) is 10.3. The highest BCUT2D eigenvalue weighted by molar-refractivity contribution is 6.01. The highest BCUT2D eigenvalue weighted by Crippen LogP contribution is 2.39. The van der Waals surface area contributed by atoms with Crippen molar-refractivity contribution >= 4 is 22.7 Å². The molecule has 1 N–H and O–H groups in total. The minimum Gasteiger partial charge on any atom is -0.473 e. The number of piperazine rings is 1. The Kier molecular flexibility index (Phi) is 11.4. The second kappa shape index (κ2) is 16.5. The van der Waals surface area contributed by atoms with Crippen LogP contribution < -0.4 is 14.4 Å². The molecule has 3 aromatic carbocycles. The lowest BCUT2D eigenvalue weighted by atomic mass is 9.94. The molecule has 7 rings (SSSR count). The topological polar surface area (TPSA) is 105 Å². The summed E-state index contributed by atoms with van der Waals surface area (Å²) in [5.74, 6) is 1.47. The van der Waals surface area contributed by atoms with Crippen LogP contribution in [0.5, 0.6) is 11.8 Å². The minimum atomic E-state index is -0.543. The van der Waals surface area contributed by atoms with Gasteiger partial charge in [-0.25, -0.2) is 4.79 Å². The maximum absolute atomic E-state index is 12.7. The molecule has 2 saturated heterocycles. The third-order valence-corrected chi connectivity index (χ3v) is 10.3. The van der Waals surface area contributed by atoms with E-state index in [1.807, 2.05) is 105 Å². The molecule has 0 aliphatic carbocycles. The van der Waals surface area contributed by atoms with Crippen LogP contribution in [-0.2, 0) is 25.0 Å². The molecule has 5 aromatic rings. The fourth-order valence-corrected chi connectivity index (χ4v) is 7.51. The van der Waals surface area contributed by atoms with Crippen molar-refractivity contribution in [1.82, 2.24) is 24.6 Å². The van der Waals surface area contributed by atoms with Crippen molar-refractivity contribution in [3.05, 3.63) is 102 Å². The van der Waals surface area contributed by atoms with Crippen LogP contribution >= 0.6 is 0 Å². The van der Waals surface area contributed by atoms with Gasteiger partial charge < -0.3 is 29.1 Å². The van der Waals surface area contributed by atoms with Gasteiger partial charge in [0.15, 0.2) is 0 Å². The van der Waals surface area contributed by atoms with Crippen LogP contribution in [0.2, 0.25) is 0 Å². The molecule has 0 radical (unpaired) electrons. The monoisotopic (exact) mass is 732 g/mol. The van der Waals surface area contributed by atoms with Gasteiger partial charge in [-0.15, -0.1) is 0 Å². The van der Waals surface area contributed by atoms with Crippen molar-refractivity contribution in [2.75, 3.05) is 50.8 Å². The van der Waals surface area contributed by atoms with Gasteiger partial charge >= 0.3 is 6.09 Å². The first kappa shape index (κ1) is 37.2. The first-order chi connectivity index (χ1) is 26.1. The predicted molar refractivity (Wildman–Crippen MR) is 211 cm³/mol. The van der Waals surface area contributed by atoms with E-state index in [9.17, 15) is 9.90 Å². The van der Waals surface area contributed by atoms with Crippen LogP contribution in [-0.4, -0.2) is 93.3 Å². The molecule has 54 heavy (non-hydrogen) atoms. The van der Waals surface area contributed by atoms with Gasteiger partial charge in [-0.05, 0) is 62.8 Å². The van der Waals surface area contributed by atoms with E-state index >= 15 is 0 Å². The van der Waals surface area contributed by atoms with Gasteiger partial charge in [0.1, 0.15) is 24.5 Å². The number of hydrogen-bond donors (Lipinski definition) is 1. The summed E-state index contributed by atoms with van der Waals surface area (Å²) < 4.78 is 20.1. The molecular formula is C43H52N6O5. The number of amides is 1. The number of rotatable bonds is 11. The zero-order valence-electron chi connectivity index (χ0n) is 31.9. The average Bonchev–Trinajstić information content (AvgIpc) is 3.52. The van der Waals surface area contributed by atoms with Crippen molar-refractivity contribution in [1.29, 1.82) is 0 Å². The number of aliphatic hydroxyl groups is 1. The van der Waals surface area contributed by atoms with Gasteiger partial charge in [0.2, 0.25) is 11.8 Å². The van der Waals surface area contributed by atoms with Gasteiger partial charge in [-0.1, -0.05) is 72.8 Å². The number of fused-ring (bicyclic) bond motifs is 1. The summed E-state index contributed by atoms with van der Waals surface area (Å²) in [4.78, 5) is 24.1.